The SMILES string of the molecule is O=C(NCc1ccc(N2CCCCCC2)nc1)c1cc(F)cc(F)c1. The molecule has 0 saturated carbocycles. The number of rotatable bonds is 4. The molecule has 4 nitrogen and oxygen atoms in total. The number of aromatic nitrogens is 1. The van der Waals surface area contributed by atoms with Crippen LogP contribution < -0.4 is 10.2 Å². The summed E-state index contributed by atoms with van der Waals surface area (Å²) in [6, 6.07) is 6.63. The summed E-state index contributed by atoms with van der Waals surface area (Å²) >= 11 is 0. The predicted molar refractivity (Wildman–Crippen MR) is 92.4 cm³/mol. The van der Waals surface area contributed by atoms with E-state index in [1.807, 2.05) is 12.1 Å². The maximum atomic E-state index is 13.2. The van der Waals surface area contributed by atoms with Gasteiger partial charge in [0.25, 0.3) is 5.91 Å². The van der Waals surface area contributed by atoms with Crippen LogP contribution in [0.4, 0.5) is 14.6 Å². The Morgan fingerprint density at radius 1 is 1.04 bits per heavy atom. The molecule has 0 aliphatic carbocycles. The van der Waals surface area contributed by atoms with Gasteiger partial charge in [0.1, 0.15) is 17.5 Å². The van der Waals surface area contributed by atoms with Gasteiger partial charge < -0.3 is 10.2 Å². The van der Waals surface area contributed by atoms with Gasteiger partial charge in [-0.1, -0.05) is 18.9 Å². The van der Waals surface area contributed by atoms with Crippen LogP contribution in [0.2, 0.25) is 0 Å². The summed E-state index contributed by atoms with van der Waals surface area (Å²) in [6.07, 6.45) is 6.63. The molecular formula is C19H21F2N3O. The van der Waals surface area contributed by atoms with E-state index < -0.39 is 17.5 Å². The van der Waals surface area contributed by atoms with Crippen molar-refractivity contribution in [2.24, 2.45) is 0 Å². The summed E-state index contributed by atoms with van der Waals surface area (Å²) in [7, 11) is 0. The number of carbonyl (C=O) groups excluding carboxylic acids is 1. The Labute approximate surface area is 145 Å². The lowest BCUT2D eigenvalue weighted by atomic mass is 10.2. The summed E-state index contributed by atoms with van der Waals surface area (Å²) < 4.78 is 26.3. The van der Waals surface area contributed by atoms with Crippen LogP contribution >= 0.6 is 0 Å². The van der Waals surface area contributed by atoms with Gasteiger partial charge in [0.2, 0.25) is 0 Å². The van der Waals surface area contributed by atoms with E-state index in [4.69, 9.17) is 0 Å². The fourth-order valence-corrected chi connectivity index (χ4v) is 2.98. The van der Waals surface area contributed by atoms with E-state index >= 15 is 0 Å². The standard InChI is InChI=1S/C19H21F2N3O/c20-16-9-15(10-17(21)11-16)19(25)23-13-14-5-6-18(22-12-14)24-7-3-1-2-4-8-24/h5-6,9-12H,1-4,7-8,13H2,(H,23,25). The van der Waals surface area contributed by atoms with E-state index in [1.54, 1.807) is 6.20 Å². The van der Waals surface area contributed by atoms with E-state index in [0.29, 0.717) is 0 Å². The minimum Gasteiger partial charge on any atom is -0.357 e. The van der Waals surface area contributed by atoms with Crippen LogP contribution in [0.5, 0.6) is 0 Å². The van der Waals surface area contributed by atoms with Crippen molar-refractivity contribution in [3.8, 4) is 0 Å². The summed E-state index contributed by atoms with van der Waals surface area (Å²) in [5, 5.41) is 2.65. The highest BCUT2D eigenvalue weighted by molar-refractivity contribution is 5.94. The fraction of sp³-hybridized carbons (Fsp3) is 0.368. The van der Waals surface area contributed by atoms with E-state index in [-0.39, 0.29) is 12.1 Å². The number of benzene rings is 1. The quantitative estimate of drug-likeness (QED) is 0.920. The van der Waals surface area contributed by atoms with Gasteiger partial charge in [-0.05, 0) is 36.6 Å². The molecule has 2 heterocycles. The molecule has 1 fully saturated rings. The lowest BCUT2D eigenvalue weighted by Crippen LogP contribution is -2.25. The predicted octanol–water partition coefficient (Wildman–Crippen LogP) is 3.67. The zero-order valence-corrected chi connectivity index (χ0v) is 14.0. The van der Waals surface area contributed by atoms with Gasteiger partial charge in [0, 0.05) is 37.5 Å². The zero-order chi connectivity index (χ0) is 17.6. The van der Waals surface area contributed by atoms with E-state index in [2.05, 4.69) is 15.2 Å². The lowest BCUT2D eigenvalue weighted by molar-refractivity contribution is 0.0950. The second-order valence-electron chi connectivity index (χ2n) is 6.27. The monoisotopic (exact) mass is 345 g/mol. The maximum absolute atomic E-state index is 13.2. The molecule has 132 valence electrons. The third kappa shape index (κ3) is 4.75. The summed E-state index contributed by atoms with van der Waals surface area (Å²) in [6.45, 7) is 2.30. The van der Waals surface area contributed by atoms with Crippen molar-refractivity contribution in [1.82, 2.24) is 10.3 Å². The first-order valence-corrected chi connectivity index (χ1v) is 8.56. The van der Waals surface area contributed by atoms with Gasteiger partial charge in [0.15, 0.2) is 0 Å². The number of nitrogens with one attached hydrogen (secondary N) is 1. The molecule has 1 aliphatic heterocycles. The van der Waals surface area contributed by atoms with Gasteiger partial charge in [-0.25, -0.2) is 13.8 Å². The Morgan fingerprint density at radius 3 is 2.32 bits per heavy atom. The fourth-order valence-electron chi connectivity index (χ4n) is 2.98. The minimum absolute atomic E-state index is 0.0355. The number of carbonyl (C=O) groups is 1. The summed E-state index contributed by atoms with van der Waals surface area (Å²) in [5.41, 5.74) is 0.801. The Balaban J connectivity index is 1.58. The first kappa shape index (κ1) is 17.3. The molecule has 3 rings (SSSR count). The number of halogens is 2. The summed E-state index contributed by atoms with van der Waals surface area (Å²) in [4.78, 5) is 18.8. The Hall–Kier alpha value is -2.50. The van der Waals surface area contributed by atoms with E-state index in [9.17, 15) is 13.6 Å². The zero-order valence-electron chi connectivity index (χ0n) is 14.0. The minimum atomic E-state index is -0.770. The van der Waals surface area contributed by atoms with Crippen molar-refractivity contribution in [3.63, 3.8) is 0 Å². The highest BCUT2D eigenvalue weighted by Gasteiger charge is 2.12. The highest BCUT2D eigenvalue weighted by atomic mass is 19.1. The topological polar surface area (TPSA) is 45.2 Å². The van der Waals surface area contributed by atoms with Crippen LogP contribution in [0.15, 0.2) is 36.5 Å². The maximum Gasteiger partial charge on any atom is 0.251 e. The number of hydrogen-bond acceptors (Lipinski definition) is 3. The lowest BCUT2D eigenvalue weighted by Gasteiger charge is -2.21. The van der Waals surface area contributed by atoms with Crippen LogP contribution in [-0.2, 0) is 6.54 Å². The third-order valence-corrected chi connectivity index (χ3v) is 4.32. The number of pyridine rings is 1. The molecule has 25 heavy (non-hydrogen) atoms. The number of amides is 1. The highest BCUT2D eigenvalue weighted by Crippen LogP contribution is 2.17. The first-order valence-electron chi connectivity index (χ1n) is 8.56. The first-order chi connectivity index (χ1) is 12.1. The Morgan fingerprint density at radius 2 is 1.72 bits per heavy atom. The molecule has 1 amide bonds. The van der Waals surface area contributed by atoms with Crippen LogP contribution in [0.25, 0.3) is 0 Å². The van der Waals surface area contributed by atoms with Gasteiger partial charge in [-0.2, -0.15) is 0 Å². The molecule has 1 aromatic heterocycles. The average molecular weight is 345 g/mol. The number of nitrogens with zero attached hydrogens (tertiary/aromatic N) is 2. The van der Waals surface area contributed by atoms with Crippen molar-refractivity contribution in [3.05, 3.63) is 59.3 Å². The number of hydrogen-bond donors (Lipinski definition) is 1. The molecule has 1 saturated heterocycles. The Kier molecular flexibility index (Phi) is 5.58. The molecule has 0 atom stereocenters. The van der Waals surface area contributed by atoms with E-state index in [0.717, 1.165) is 42.7 Å². The van der Waals surface area contributed by atoms with Gasteiger partial charge in [-0.15, -0.1) is 0 Å². The summed E-state index contributed by atoms with van der Waals surface area (Å²) in [5.74, 6) is -1.11. The molecule has 6 heteroatoms. The van der Waals surface area contributed by atoms with Crippen LogP contribution in [-0.4, -0.2) is 24.0 Å². The van der Waals surface area contributed by atoms with Crippen LogP contribution in [0, 0.1) is 11.6 Å². The van der Waals surface area contributed by atoms with Crippen molar-refractivity contribution in [1.29, 1.82) is 0 Å². The molecule has 0 bridgehead atoms. The van der Waals surface area contributed by atoms with Gasteiger partial charge in [0.05, 0.1) is 0 Å². The van der Waals surface area contributed by atoms with Crippen LogP contribution in [0.1, 0.15) is 41.6 Å². The molecule has 0 unspecified atom stereocenters. The Bertz CT molecular complexity index is 706. The van der Waals surface area contributed by atoms with Crippen molar-refractivity contribution in [2.75, 3.05) is 18.0 Å². The van der Waals surface area contributed by atoms with Gasteiger partial charge >= 0.3 is 0 Å². The average Bonchev–Trinajstić information content (AvgIpc) is 2.88. The molecule has 2 aromatic rings. The molecule has 0 spiro atoms. The van der Waals surface area contributed by atoms with Crippen molar-refractivity contribution < 1.29 is 13.6 Å². The van der Waals surface area contributed by atoms with Gasteiger partial charge in [-0.3, -0.25) is 4.79 Å². The second-order valence-corrected chi connectivity index (χ2v) is 6.27. The van der Waals surface area contributed by atoms with Crippen molar-refractivity contribution >= 4 is 11.7 Å². The third-order valence-electron chi connectivity index (χ3n) is 4.32. The normalized spacial score (nSPS) is 14.9. The van der Waals surface area contributed by atoms with Crippen molar-refractivity contribution in [2.45, 2.75) is 32.2 Å². The number of anilines is 1. The van der Waals surface area contributed by atoms with Crippen LogP contribution in [0.3, 0.4) is 0 Å². The van der Waals surface area contributed by atoms with E-state index in [1.165, 1.54) is 25.7 Å². The largest absolute Gasteiger partial charge is 0.357 e. The second kappa shape index (κ2) is 8.05. The molecule has 1 aliphatic rings. The molecule has 0 radical (unpaired) electrons. The molecule has 1 N–H and O–H groups in total. The smallest absolute Gasteiger partial charge is 0.251 e. The molecule has 1 aromatic carbocycles. The molecular weight excluding hydrogens is 324 g/mol.